The third-order valence-corrected chi connectivity index (χ3v) is 1.50. The van der Waals surface area contributed by atoms with Crippen LogP contribution in [0.3, 0.4) is 0 Å². The van der Waals surface area contributed by atoms with E-state index >= 15 is 0 Å². The Labute approximate surface area is 54.9 Å². The van der Waals surface area contributed by atoms with Gasteiger partial charge in [0.15, 0.2) is 0 Å². The van der Waals surface area contributed by atoms with E-state index < -0.39 is 0 Å². The van der Waals surface area contributed by atoms with Crippen LogP contribution in [-0.4, -0.2) is 10.9 Å². The Balaban J connectivity index is 2.48. The lowest BCUT2D eigenvalue weighted by Crippen LogP contribution is -1.93. The van der Waals surface area contributed by atoms with Gasteiger partial charge in [0.05, 0.1) is 5.71 Å². The highest BCUT2D eigenvalue weighted by Crippen LogP contribution is 2.07. The molecule has 50 valence electrons. The van der Waals surface area contributed by atoms with Gasteiger partial charge in [-0.1, -0.05) is 17.3 Å². The van der Waals surface area contributed by atoms with Gasteiger partial charge >= 0.3 is 0 Å². The second-order valence-corrected chi connectivity index (χ2v) is 2.23. The summed E-state index contributed by atoms with van der Waals surface area (Å²) in [5.41, 5.74) is 0.906. The van der Waals surface area contributed by atoms with E-state index in [4.69, 9.17) is 5.21 Å². The normalized spacial score (nSPS) is 24.2. The Bertz CT molecular complexity index is 138. The molecule has 1 aliphatic carbocycles. The van der Waals surface area contributed by atoms with Crippen LogP contribution in [0.2, 0.25) is 0 Å². The summed E-state index contributed by atoms with van der Waals surface area (Å²) in [6, 6.07) is 0. The maximum absolute atomic E-state index is 8.37. The van der Waals surface area contributed by atoms with Gasteiger partial charge in [-0.15, -0.1) is 0 Å². The zero-order valence-corrected chi connectivity index (χ0v) is 5.38. The standard InChI is InChI=1S/C7H11NO/c9-8-7-5-3-1-2-4-6-7/h1,3,9H,2,4-6H2. The SMILES string of the molecule is ON=C1CC=CCCC1. The smallest absolute Gasteiger partial charge is 0.0608 e. The molecule has 0 atom stereocenters. The molecule has 0 aromatic rings. The molecule has 1 N–H and O–H groups in total. The third-order valence-electron chi connectivity index (χ3n) is 1.50. The monoisotopic (exact) mass is 125 g/mol. The summed E-state index contributed by atoms with van der Waals surface area (Å²) in [5, 5.41) is 11.5. The summed E-state index contributed by atoms with van der Waals surface area (Å²) in [6.07, 6.45) is 8.22. The van der Waals surface area contributed by atoms with Crippen LogP contribution in [0.5, 0.6) is 0 Å². The van der Waals surface area contributed by atoms with Crippen molar-refractivity contribution in [1.82, 2.24) is 0 Å². The van der Waals surface area contributed by atoms with Crippen molar-refractivity contribution in [1.29, 1.82) is 0 Å². The van der Waals surface area contributed by atoms with Gasteiger partial charge in [-0.2, -0.15) is 0 Å². The van der Waals surface area contributed by atoms with Crippen LogP contribution in [0.1, 0.15) is 25.7 Å². The zero-order valence-electron chi connectivity index (χ0n) is 5.38. The first kappa shape index (κ1) is 6.33. The molecule has 0 aromatic carbocycles. The fourth-order valence-electron chi connectivity index (χ4n) is 0.954. The summed E-state index contributed by atoms with van der Waals surface area (Å²) in [5.74, 6) is 0. The summed E-state index contributed by atoms with van der Waals surface area (Å²) >= 11 is 0. The minimum Gasteiger partial charge on any atom is -0.411 e. The van der Waals surface area contributed by atoms with Gasteiger partial charge in [0.25, 0.3) is 0 Å². The molecule has 0 fully saturated rings. The lowest BCUT2D eigenvalue weighted by molar-refractivity contribution is 0.316. The Kier molecular flexibility index (Phi) is 2.31. The van der Waals surface area contributed by atoms with Gasteiger partial charge in [0.1, 0.15) is 0 Å². The van der Waals surface area contributed by atoms with Crippen LogP contribution in [-0.2, 0) is 0 Å². The molecule has 0 aromatic heterocycles. The van der Waals surface area contributed by atoms with Gasteiger partial charge in [-0.05, 0) is 19.3 Å². The quantitative estimate of drug-likeness (QED) is 0.299. The summed E-state index contributed by atoms with van der Waals surface area (Å²) < 4.78 is 0. The average Bonchev–Trinajstić information content (AvgIpc) is 2.13. The van der Waals surface area contributed by atoms with Crippen molar-refractivity contribution in [2.45, 2.75) is 25.7 Å². The van der Waals surface area contributed by atoms with E-state index in [1.54, 1.807) is 0 Å². The molecule has 1 aliphatic rings. The van der Waals surface area contributed by atoms with Gasteiger partial charge in [-0.3, -0.25) is 0 Å². The lowest BCUT2D eigenvalue weighted by Gasteiger charge is -1.93. The molecule has 2 heteroatoms. The molecular formula is C7H11NO. The molecule has 0 saturated heterocycles. The molecule has 0 bridgehead atoms. The van der Waals surface area contributed by atoms with Gasteiger partial charge in [0, 0.05) is 6.42 Å². The van der Waals surface area contributed by atoms with E-state index in [2.05, 4.69) is 17.3 Å². The van der Waals surface area contributed by atoms with E-state index in [9.17, 15) is 0 Å². The highest BCUT2D eigenvalue weighted by molar-refractivity contribution is 5.85. The van der Waals surface area contributed by atoms with Crippen molar-refractivity contribution in [2.24, 2.45) is 5.16 Å². The van der Waals surface area contributed by atoms with Crippen LogP contribution < -0.4 is 0 Å². The van der Waals surface area contributed by atoms with Crippen LogP contribution in [0.15, 0.2) is 17.3 Å². The molecule has 9 heavy (non-hydrogen) atoms. The highest BCUT2D eigenvalue weighted by atomic mass is 16.4. The lowest BCUT2D eigenvalue weighted by atomic mass is 10.2. The second-order valence-electron chi connectivity index (χ2n) is 2.23. The second kappa shape index (κ2) is 3.28. The van der Waals surface area contributed by atoms with Crippen molar-refractivity contribution in [2.75, 3.05) is 0 Å². The molecule has 0 radical (unpaired) electrons. The average molecular weight is 125 g/mol. The number of rotatable bonds is 0. The van der Waals surface area contributed by atoms with Crippen LogP contribution in [0.4, 0.5) is 0 Å². The van der Waals surface area contributed by atoms with Crippen LogP contribution >= 0.6 is 0 Å². The number of hydrogen-bond donors (Lipinski definition) is 1. The molecule has 0 unspecified atom stereocenters. The van der Waals surface area contributed by atoms with Crippen molar-refractivity contribution in [3.63, 3.8) is 0 Å². The van der Waals surface area contributed by atoms with Crippen molar-refractivity contribution < 1.29 is 5.21 Å². The van der Waals surface area contributed by atoms with E-state index in [0.717, 1.165) is 31.4 Å². The summed E-state index contributed by atoms with van der Waals surface area (Å²) in [6.45, 7) is 0. The fraction of sp³-hybridized carbons (Fsp3) is 0.571. The maximum atomic E-state index is 8.37. The van der Waals surface area contributed by atoms with E-state index in [1.165, 1.54) is 0 Å². The number of hydrogen-bond acceptors (Lipinski definition) is 2. The highest BCUT2D eigenvalue weighted by Gasteiger charge is 1.99. The molecule has 1 rings (SSSR count). The number of allylic oxidation sites excluding steroid dienone is 2. The maximum Gasteiger partial charge on any atom is 0.0608 e. The van der Waals surface area contributed by atoms with Crippen LogP contribution in [0, 0.1) is 0 Å². The van der Waals surface area contributed by atoms with E-state index in [-0.39, 0.29) is 0 Å². The minimum absolute atomic E-state index is 0.830. The largest absolute Gasteiger partial charge is 0.411 e. The zero-order chi connectivity index (χ0) is 6.53. The van der Waals surface area contributed by atoms with Gasteiger partial charge in [0.2, 0.25) is 0 Å². The molecule has 0 saturated carbocycles. The first-order chi connectivity index (χ1) is 4.43. The first-order valence-electron chi connectivity index (χ1n) is 3.28. The first-order valence-corrected chi connectivity index (χ1v) is 3.28. The molecular weight excluding hydrogens is 114 g/mol. The Morgan fingerprint density at radius 3 is 3.11 bits per heavy atom. The minimum atomic E-state index is 0.830. The Morgan fingerprint density at radius 2 is 2.33 bits per heavy atom. The number of oxime groups is 1. The van der Waals surface area contributed by atoms with E-state index in [1.807, 2.05) is 0 Å². The van der Waals surface area contributed by atoms with Crippen LogP contribution in [0.25, 0.3) is 0 Å². The third kappa shape index (κ3) is 1.88. The van der Waals surface area contributed by atoms with Crippen molar-refractivity contribution in [3.05, 3.63) is 12.2 Å². The Morgan fingerprint density at radius 1 is 1.44 bits per heavy atom. The summed E-state index contributed by atoms with van der Waals surface area (Å²) in [4.78, 5) is 0. The molecule has 0 heterocycles. The van der Waals surface area contributed by atoms with Gasteiger partial charge < -0.3 is 5.21 Å². The summed E-state index contributed by atoms with van der Waals surface area (Å²) in [7, 11) is 0. The fourth-order valence-corrected chi connectivity index (χ4v) is 0.954. The predicted molar refractivity (Wildman–Crippen MR) is 36.8 cm³/mol. The van der Waals surface area contributed by atoms with Gasteiger partial charge in [-0.25, -0.2) is 0 Å². The molecule has 0 amide bonds. The number of nitrogens with zero attached hydrogens (tertiary/aromatic N) is 1. The molecule has 0 aliphatic heterocycles. The van der Waals surface area contributed by atoms with E-state index in [0.29, 0.717) is 0 Å². The Hall–Kier alpha value is -0.790. The topological polar surface area (TPSA) is 32.6 Å². The van der Waals surface area contributed by atoms with Crippen molar-refractivity contribution in [3.8, 4) is 0 Å². The molecule has 2 nitrogen and oxygen atoms in total. The van der Waals surface area contributed by atoms with Crippen molar-refractivity contribution >= 4 is 5.71 Å². The predicted octanol–water partition coefficient (Wildman–Crippen LogP) is 1.95. The molecule has 0 spiro atoms.